The fourth-order valence-corrected chi connectivity index (χ4v) is 2.79. The van der Waals surface area contributed by atoms with Crippen LogP contribution in [0.3, 0.4) is 0 Å². The lowest BCUT2D eigenvalue weighted by atomic mass is 10.2. The first kappa shape index (κ1) is 14.9. The number of rotatable bonds is 6. The predicted octanol–water partition coefficient (Wildman–Crippen LogP) is 2.39. The van der Waals surface area contributed by atoms with Gasteiger partial charge >= 0.3 is 0 Å². The van der Waals surface area contributed by atoms with Crippen molar-refractivity contribution >= 4 is 0 Å². The maximum absolute atomic E-state index is 5.56. The molecule has 0 amide bonds. The Bertz CT molecular complexity index is 608. The van der Waals surface area contributed by atoms with Gasteiger partial charge in [0.1, 0.15) is 0 Å². The second-order valence-electron chi connectivity index (χ2n) is 5.52. The molecule has 2 aromatic heterocycles. The van der Waals surface area contributed by atoms with E-state index in [2.05, 4.69) is 32.1 Å². The van der Waals surface area contributed by atoms with E-state index in [0.29, 0.717) is 13.2 Å². The van der Waals surface area contributed by atoms with Crippen LogP contribution in [-0.2, 0) is 31.0 Å². The molecule has 116 valence electrons. The van der Waals surface area contributed by atoms with Crippen LogP contribution in [0.1, 0.15) is 23.5 Å². The quantitative estimate of drug-likeness (QED) is 0.607. The zero-order chi connectivity index (χ0) is 15.2. The SMILES string of the molecule is C=CCOCc1ncn2c1CN(Cc1ccccn1)CCC2. The van der Waals surface area contributed by atoms with E-state index in [0.717, 1.165) is 44.0 Å². The number of hydrogen-bond donors (Lipinski definition) is 0. The van der Waals surface area contributed by atoms with Gasteiger partial charge in [-0.05, 0) is 18.6 Å². The first-order valence-corrected chi connectivity index (χ1v) is 7.70. The van der Waals surface area contributed by atoms with Gasteiger partial charge in [-0.3, -0.25) is 9.88 Å². The molecule has 1 aliphatic rings. The normalized spacial score (nSPS) is 15.3. The van der Waals surface area contributed by atoms with Crippen molar-refractivity contribution in [1.29, 1.82) is 0 Å². The van der Waals surface area contributed by atoms with Crippen molar-refractivity contribution in [2.75, 3.05) is 13.2 Å². The van der Waals surface area contributed by atoms with Crippen LogP contribution < -0.4 is 0 Å². The maximum atomic E-state index is 5.56. The number of nitrogens with zero attached hydrogens (tertiary/aromatic N) is 4. The minimum atomic E-state index is 0.547. The van der Waals surface area contributed by atoms with Crippen LogP contribution in [0.5, 0.6) is 0 Å². The van der Waals surface area contributed by atoms with Crippen molar-refractivity contribution < 1.29 is 4.74 Å². The molecule has 0 aliphatic carbocycles. The molecule has 5 nitrogen and oxygen atoms in total. The number of aryl methyl sites for hydroxylation is 1. The third-order valence-electron chi connectivity index (χ3n) is 3.87. The Morgan fingerprint density at radius 2 is 2.23 bits per heavy atom. The summed E-state index contributed by atoms with van der Waals surface area (Å²) in [6.45, 7) is 8.64. The summed E-state index contributed by atoms with van der Waals surface area (Å²) in [4.78, 5) is 11.4. The van der Waals surface area contributed by atoms with E-state index in [1.165, 1.54) is 5.69 Å². The molecule has 0 saturated carbocycles. The maximum Gasteiger partial charge on any atom is 0.0953 e. The number of imidazole rings is 1. The lowest BCUT2D eigenvalue weighted by Crippen LogP contribution is -2.24. The van der Waals surface area contributed by atoms with E-state index < -0.39 is 0 Å². The van der Waals surface area contributed by atoms with Gasteiger partial charge < -0.3 is 9.30 Å². The Labute approximate surface area is 131 Å². The Kier molecular flexibility index (Phi) is 4.98. The van der Waals surface area contributed by atoms with Crippen LogP contribution in [-0.4, -0.2) is 32.6 Å². The average molecular weight is 298 g/mol. The summed E-state index contributed by atoms with van der Waals surface area (Å²) in [7, 11) is 0. The first-order valence-electron chi connectivity index (χ1n) is 7.70. The van der Waals surface area contributed by atoms with Crippen molar-refractivity contribution in [1.82, 2.24) is 19.4 Å². The first-order chi connectivity index (χ1) is 10.9. The fraction of sp³-hybridized carbons (Fsp3) is 0.412. The number of hydrogen-bond acceptors (Lipinski definition) is 4. The lowest BCUT2D eigenvalue weighted by Gasteiger charge is -2.19. The summed E-state index contributed by atoms with van der Waals surface area (Å²) in [5, 5.41) is 0. The zero-order valence-corrected chi connectivity index (χ0v) is 12.8. The van der Waals surface area contributed by atoms with E-state index in [1.807, 2.05) is 24.7 Å². The summed E-state index contributed by atoms with van der Waals surface area (Å²) < 4.78 is 7.82. The van der Waals surface area contributed by atoms with Gasteiger partial charge in [0.05, 0.1) is 36.6 Å². The van der Waals surface area contributed by atoms with Crippen molar-refractivity contribution in [2.45, 2.75) is 32.7 Å². The second-order valence-corrected chi connectivity index (χ2v) is 5.52. The minimum absolute atomic E-state index is 0.547. The van der Waals surface area contributed by atoms with Gasteiger partial charge in [-0.2, -0.15) is 0 Å². The molecule has 0 radical (unpaired) electrons. The Balaban J connectivity index is 1.70. The van der Waals surface area contributed by atoms with Gasteiger partial charge in [0, 0.05) is 32.4 Å². The molecule has 0 fully saturated rings. The smallest absolute Gasteiger partial charge is 0.0953 e. The van der Waals surface area contributed by atoms with E-state index in [9.17, 15) is 0 Å². The predicted molar refractivity (Wildman–Crippen MR) is 85.0 cm³/mol. The number of fused-ring (bicyclic) bond motifs is 1. The van der Waals surface area contributed by atoms with Crippen LogP contribution in [0.2, 0.25) is 0 Å². The van der Waals surface area contributed by atoms with E-state index >= 15 is 0 Å². The van der Waals surface area contributed by atoms with Gasteiger partial charge in [0.2, 0.25) is 0 Å². The second kappa shape index (κ2) is 7.33. The number of pyridine rings is 1. The highest BCUT2D eigenvalue weighted by molar-refractivity contribution is 5.14. The Morgan fingerprint density at radius 1 is 1.27 bits per heavy atom. The van der Waals surface area contributed by atoms with E-state index in [-0.39, 0.29) is 0 Å². The van der Waals surface area contributed by atoms with Crippen LogP contribution in [0.25, 0.3) is 0 Å². The molecule has 22 heavy (non-hydrogen) atoms. The average Bonchev–Trinajstić information content (AvgIpc) is 2.79. The monoisotopic (exact) mass is 298 g/mol. The number of aromatic nitrogens is 3. The highest BCUT2D eigenvalue weighted by atomic mass is 16.5. The third kappa shape index (κ3) is 3.61. The lowest BCUT2D eigenvalue weighted by molar-refractivity contribution is 0.144. The Morgan fingerprint density at radius 3 is 3.05 bits per heavy atom. The van der Waals surface area contributed by atoms with Gasteiger partial charge in [0.15, 0.2) is 0 Å². The summed E-state index contributed by atoms with van der Waals surface area (Å²) in [5.41, 5.74) is 3.41. The fourth-order valence-electron chi connectivity index (χ4n) is 2.79. The molecule has 0 atom stereocenters. The minimum Gasteiger partial charge on any atom is -0.371 e. The van der Waals surface area contributed by atoms with Crippen LogP contribution in [0, 0.1) is 0 Å². The van der Waals surface area contributed by atoms with Gasteiger partial charge in [0.25, 0.3) is 0 Å². The van der Waals surface area contributed by atoms with Crippen molar-refractivity contribution in [3.63, 3.8) is 0 Å². The molecule has 0 unspecified atom stereocenters. The van der Waals surface area contributed by atoms with Crippen LogP contribution >= 0.6 is 0 Å². The van der Waals surface area contributed by atoms with Crippen molar-refractivity contribution in [2.24, 2.45) is 0 Å². The molecular formula is C17H22N4O. The molecule has 3 rings (SSSR count). The third-order valence-corrected chi connectivity index (χ3v) is 3.87. The van der Waals surface area contributed by atoms with Crippen LogP contribution in [0.15, 0.2) is 43.4 Å². The van der Waals surface area contributed by atoms with E-state index in [4.69, 9.17) is 4.74 Å². The molecule has 0 aromatic carbocycles. The van der Waals surface area contributed by atoms with Crippen molar-refractivity contribution in [3.8, 4) is 0 Å². The summed E-state index contributed by atoms with van der Waals surface area (Å²) in [6.07, 6.45) is 6.68. The topological polar surface area (TPSA) is 43.2 Å². The van der Waals surface area contributed by atoms with Gasteiger partial charge in [-0.25, -0.2) is 4.98 Å². The molecule has 0 N–H and O–H groups in total. The summed E-state index contributed by atoms with van der Waals surface area (Å²) in [5.74, 6) is 0. The molecule has 1 aliphatic heterocycles. The highest BCUT2D eigenvalue weighted by Gasteiger charge is 2.19. The van der Waals surface area contributed by atoms with E-state index in [1.54, 1.807) is 6.08 Å². The molecule has 5 heteroatoms. The molecular weight excluding hydrogens is 276 g/mol. The zero-order valence-electron chi connectivity index (χ0n) is 12.8. The highest BCUT2D eigenvalue weighted by Crippen LogP contribution is 2.18. The largest absolute Gasteiger partial charge is 0.371 e. The van der Waals surface area contributed by atoms with Crippen LogP contribution in [0.4, 0.5) is 0 Å². The summed E-state index contributed by atoms with van der Waals surface area (Å²) in [6, 6.07) is 6.07. The molecule has 0 saturated heterocycles. The summed E-state index contributed by atoms with van der Waals surface area (Å²) >= 11 is 0. The molecule has 2 aromatic rings. The molecule has 0 bridgehead atoms. The number of ether oxygens (including phenoxy) is 1. The van der Waals surface area contributed by atoms with Crippen molar-refractivity contribution in [3.05, 3.63) is 60.5 Å². The Hall–Kier alpha value is -1.98. The molecule has 3 heterocycles. The van der Waals surface area contributed by atoms with Gasteiger partial charge in [-0.1, -0.05) is 12.1 Å². The molecule has 0 spiro atoms. The standard InChI is InChI=1S/C17H22N4O/c1-2-10-22-13-16-17-12-20(8-5-9-21(17)14-19-16)11-15-6-3-4-7-18-15/h2-4,6-7,14H,1,5,8-13H2. The van der Waals surface area contributed by atoms with Gasteiger partial charge in [-0.15, -0.1) is 6.58 Å².